The van der Waals surface area contributed by atoms with Gasteiger partial charge < -0.3 is 29.1 Å². The summed E-state index contributed by atoms with van der Waals surface area (Å²) < 4.78 is 40.8. The van der Waals surface area contributed by atoms with E-state index in [0.717, 1.165) is 11.4 Å². The van der Waals surface area contributed by atoms with E-state index in [-0.39, 0.29) is 46.4 Å². The minimum absolute atomic E-state index is 0.0343. The number of carbonyl (C=O) groups is 2. The molecule has 2 aliphatic rings. The zero-order valence-corrected chi connectivity index (χ0v) is 45.8. The first-order chi connectivity index (χ1) is 37.2. The van der Waals surface area contributed by atoms with Gasteiger partial charge in [0.15, 0.2) is 0 Å². The maximum Gasteiger partial charge on any atom is 0.244 e. The van der Waals surface area contributed by atoms with Gasteiger partial charge in [-0.2, -0.15) is 10.2 Å². The summed E-state index contributed by atoms with van der Waals surface area (Å²) in [6.45, 7) is 6.70. The smallest absolute Gasteiger partial charge is 0.244 e. The van der Waals surface area contributed by atoms with E-state index in [2.05, 4.69) is 35.2 Å². The van der Waals surface area contributed by atoms with Crippen LogP contribution in [0.4, 0.5) is 20.2 Å². The lowest BCUT2D eigenvalue weighted by atomic mass is 10.1. The summed E-state index contributed by atoms with van der Waals surface area (Å²) in [5.41, 5.74) is 5.89. The quantitative estimate of drug-likeness (QED) is 0.122. The molecule has 0 aliphatic carbocycles. The van der Waals surface area contributed by atoms with Crippen molar-refractivity contribution >= 4 is 81.2 Å². The Morgan fingerprint density at radius 2 is 1.06 bits per heavy atom. The first-order valence-electron chi connectivity index (χ1n) is 24.1. The fourth-order valence-electron chi connectivity index (χ4n) is 8.87. The van der Waals surface area contributed by atoms with Crippen LogP contribution < -0.4 is 19.3 Å². The number of amides is 2. The van der Waals surface area contributed by atoms with Gasteiger partial charge in [-0.3, -0.25) is 39.3 Å². The fraction of sp³-hybridized carbons (Fsp3) is 0.259. The van der Waals surface area contributed by atoms with Gasteiger partial charge in [0.2, 0.25) is 11.8 Å². The van der Waals surface area contributed by atoms with Crippen molar-refractivity contribution in [3.63, 3.8) is 0 Å². The van der Waals surface area contributed by atoms with Crippen LogP contribution in [-0.2, 0) is 16.1 Å². The molecular formula is C54H51Cl5F2N12O4. The standard InChI is InChI=1S/C27H25Cl2FN6O2.C14H17Cl2FN2O2.C13H9ClN4/c1-17-15-34(22-14-23(38-2)18(28)13-19(22)30)11-12-35(17)24(37)16-36-27(21-8-4-6-10-32-21)25(29)26(33-36)20-7-3-5-9-31-20;1-9-8-18(3-4-19(9)14(20)7-15)12-6-13(21-2)10(16)5-11(12)17;14-11-12(9-5-1-3-7-15-9)17-18-13(11)10-6-2-4-8-16-10/h3-10,13-14,17H,11-12,15-16H2,1-2H3;5-6,9H,3-4,7-8H2,1-2H3;1-8H,(H,17,18)/t17-;9-;/m00./s1. The second kappa shape index (κ2) is 25.8. The highest BCUT2D eigenvalue weighted by atomic mass is 35.5. The highest BCUT2D eigenvalue weighted by molar-refractivity contribution is 6.36. The Labute approximate surface area is 468 Å². The van der Waals surface area contributed by atoms with E-state index in [1.54, 1.807) is 51.4 Å². The molecule has 0 radical (unpaired) electrons. The number of pyridine rings is 4. The third kappa shape index (κ3) is 13.0. The SMILES string of the molecule is COc1cc(N2CCN(C(=O)CCl)[C@@H](C)C2)c(F)cc1Cl.COc1cc(N2CCN(C(=O)Cn3nc(-c4ccccn4)c(Cl)c3-c3ccccn3)[C@@H](C)C2)c(F)cc1Cl.Clc1c(-c2ccccn2)n[nH]c1-c1ccccn1. The number of hydrogen-bond acceptors (Lipinski definition) is 12. The molecule has 6 aromatic heterocycles. The second-order valence-electron chi connectivity index (χ2n) is 17.6. The number of nitrogens with zero attached hydrogens (tertiary/aromatic N) is 11. The van der Waals surface area contributed by atoms with Gasteiger partial charge >= 0.3 is 0 Å². The van der Waals surface area contributed by atoms with Crippen molar-refractivity contribution in [1.29, 1.82) is 0 Å². The molecule has 16 nitrogen and oxygen atoms in total. The summed E-state index contributed by atoms with van der Waals surface area (Å²) in [4.78, 5) is 49.8. The molecule has 0 saturated carbocycles. The highest BCUT2D eigenvalue weighted by Crippen LogP contribution is 2.38. The zero-order chi connectivity index (χ0) is 54.8. The Kier molecular flexibility index (Phi) is 18.8. The number of anilines is 2. The number of alkyl halides is 1. The third-order valence-corrected chi connectivity index (χ3v) is 14.2. The Morgan fingerprint density at radius 3 is 1.51 bits per heavy atom. The van der Waals surface area contributed by atoms with E-state index in [4.69, 9.17) is 67.5 Å². The van der Waals surface area contributed by atoms with E-state index in [1.165, 1.54) is 26.4 Å². The van der Waals surface area contributed by atoms with Crippen molar-refractivity contribution in [3.05, 3.63) is 154 Å². The van der Waals surface area contributed by atoms with Gasteiger partial charge in [0.05, 0.1) is 68.5 Å². The van der Waals surface area contributed by atoms with Crippen LogP contribution in [0.3, 0.4) is 0 Å². The molecule has 8 heterocycles. The predicted molar refractivity (Wildman–Crippen MR) is 297 cm³/mol. The third-order valence-electron chi connectivity index (χ3n) is 12.7. The van der Waals surface area contributed by atoms with Crippen molar-refractivity contribution in [2.75, 3.05) is 69.2 Å². The van der Waals surface area contributed by atoms with Gasteiger partial charge in [0.1, 0.15) is 58.3 Å². The van der Waals surface area contributed by atoms with Crippen LogP contribution >= 0.6 is 58.0 Å². The molecule has 1 N–H and O–H groups in total. The van der Waals surface area contributed by atoms with E-state index < -0.39 is 11.6 Å². The number of halogens is 7. The number of aromatic amines is 1. The Bertz CT molecular complexity index is 3240. The van der Waals surface area contributed by atoms with Gasteiger partial charge in [0.25, 0.3) is 0 Å². The molecule has 8 aromatic rings. The molecule has 2 atom stereocenters. The summed E-state index contributed by atoms with van der Waals surface area (Å²) in [5, 5.41) is 13.1. The molecule has 2 amide bonds. The molecular weight excluding hydrogens is 1100 g/mol. The number of H-pyrrole nitrogens is 1. The lowest BCUT2D eigenvalue weighted by molar-refractivity contribution is -0.134. The maximum atomic E-state index is 14.7. The number of aromatic nitrogens is 8. The van der Waals surface area contributed by atoms with Crippen LogP contribution in [0, 0.1) is 11.6 Å². The van der Waals surface area contributed by atoms with Crippen molar-refractivity contribution in [2.45, 2.75) is 32.5 Å². The number of rotatable bonds is 11. The molecule has 2 aromatic carbocycles. The van der Waals surface area contributed by atoms with Crippen LogP contribution in [0.15, 0.2) is 122 Å². The minimum Gasteiger partial charge on any atom is -0.495 e. The first kappa shape index (κ1) is 56.1. The molecule has 400 valence electrons. The summed E-state index contributed by atoms with van der Waals surface area (Å²) >= 11 is 30.7. The average Bonchev–Trinajstić information content (AvgIpc) is 4.01. The normalized spacial score (nSPS) is 15.3. The average molecular weight is 1150 g/mol. The van der Waals surface area contributed by atoms with E-state index in [9.17, 15) is 18.4 Å². The first-order valence-corrected chi connectivity index (χ1v) is 26.1. The highest BCUT2D eigenvalue weighted by Gasteiger charge is 2.32. The lowest BCUT2D eigenvalue weighted by Gasteiger charge is -2.41. The van der Waals surface area contributed by atoms with Crippen molar-refractivity contribution < 1.29 is 27.8 Å². The number of carbonyl (C=O) groups excluding carboxylic acids is 2. The number of hydrogen-bond donors (Lipinski definition) is 1. The molecule has 23 heteroatoms. The van der Waals surface area contributed by atoms with Gasteiger partial charge in [-0.25, -0.2) is 8.78 Å². The van der Waals surface area contributed by atoms with Crippen LogP contribution in [0.1, 0.15) is 13.8 Å². The minimum atomic E-state index is -0.434. The molecule has 2 saturated heterocycles. The fourth-order valence-corrected chi connectivity index (χ4v) is 10.1. The van der Waals surface area contributed by atoms with Crippen LogP contribution in [0.5, 0.6) is 11.5 Å². The molecule has 0 spiro atoms. The zero-order valence-electron chi connectivity index (χ0n) is 42.1. The summed E-state index contributed by atoms with van der Waals surface area (Å²) in [6.07, 6.45) is 6.75. The number of benzene rings is 2. The van der Waals surface area contributed by atoms with Crippen molar-refractivity contribution in [3.8, 4) is 57.1 Å². The van der Waals surface area contributed by atoms with Crippen molar-refractivity contribution in [1.82, 2.24) is 49.7 Å². The summed E-state index contributed by atoms with van der Waals surface area (Å²) in [7, 11) is 2.98. The van der Waals surface area contributed by atoms with Gasteiger partial charge in [-0.1, -0.05) is 70.7 Å². The number of piperazine rings is 2. The molecule has 10 rings (SSSR count). The number of nitrogens with one attached hydrogen (secondary N) is 1. The summed E-state index contributed by atoms with van der Waals surface area (Å²) in [6, 6.07) is 27.7. The second-order valence-corrected chi connectivity index (χ2v) is 19.4. The van der Waals surface area contributed by atoms with Crippen LogP contribution in [0.25, 0.3) is 45.6 Å². The van der Waals surface area contributed by atoms with Gasteiger partial charge in [-0.05, 0) is 74.5 Å². The van der Waals surface area contributed by atoms with Gasteiger partial charge in [0, 0.05) is 88.3 Å². The predicted octanol–water partition coefficient (Wildman–Crippen LogP) is 11.1. The molecule has 2 aliphatic heterocycles. The monoisotopic (exact) mass is 1140 g/mol. The van der Waals surface area contributed by atoms with Crippen molar-refractivity contribution in [2.24, 2.45) is 0 Å². The van der Waals surface area contributed by atoms with E-state index in [1.807, 2.05) is 96.4 Å². The molecule has 77 heavy (non-hydrogen) atoms. The Balaban J connectivity index is 0.000000169. The maximum absolute atomic E-state index is 14.7. The van der Waals surface area contributed by atoms with Gasteiger partial charge in [-0.15, -0.1) is 11.6 Å². The number of ether oxygens (including phenoxy) is 2. The Hall–Kier alpha value is -7.09. The number of methoxy groups -OCH3 is 2. The van der Waals surface area contributed by atoms with E-state index >= 15 is 0 Å². The lowest BCUT2D eigenvalue weighted by Crippen LogP contribution is -2.55. The largest absolute Gasteiger partial charge is 0.495 e. The Morgan fingerprint density at radius 1 is 0.610 bits per heavy atom. The molecule has 2 fully saturated rings. The molecule has 0 unspecified atom stereocenters. The van der Waals surface area contributed by atoms with Crippen LogP contribution in [0.2, 0.25) is 20.1 Å². The van der Waals surface area contributed by atoms with Crippen LogP contribution in [-0.4, -0.2) is 133 Å². The summed E-state index contributed by atoms with van der Waals surface area (Å²) in [5.74, 6) is -0.266. The van der Waals surface area contributed by atoms with E-state index in [0.29, 0.717) is 106 Å². The molecule has 0 bridgehead atoms. The topological polar surface area (TPSA) is 164 Å².